The fourth-order valence-electron chi connectivity index (χ4n) is 3.33. The summed E-state index contributed by atoms with van der Waals surface area (Å²) in [6.07, 6.45) is 0. The van der Waals surface area contributed by atoms with Crippen LogP contribution in [-0.4, -0.2) is 11.8 Å². The first-order valence-corrected chi connectivity index (χ1v) is 8.81. The first-order valence-electron chi connectivity index (χ1n) is 8.81. The van der Waals surface area contributed by atoms with Gasteiger partial charge in [-0.25, -0.2) is 4.79 Å². The SMILES string of the molecule is CC(=O)c1ccc(C(=O)OCc2c3ccccc3cc3ccccc23)cc1. The molecule has 3 nitrogen and oxygen atoms in total. The lowest BCUT2D eigenvalue weighted by Crippen LogP contribution is -2.06. The van der Waals surface area contributed by atoms with Gasteiger partial charge in [0.05, 0.1) is 5.56 Å². The Morgan fingerprint density at radius 1 is 0.741 bits per heavy atom. The largest absolute Gasteiger partial charge is 0.457 e. The molecule has 4 rings (SSSR count). The van der Waals surface area contributed by atoms with E-state index in [2.05, 4.69) is 18.2 Å². The molecule has 4 aromatic rings. The lowest BCUT2D eigenvalue weighted by Gasteiger charge is -2.12. The van der Waals surface area contributed by atoms with Crippen LogP contribution in [0.1, 0.15) is 33.2 Å². The van der Waals surface area contributed by atoms with Gasteiger partial charge in [0.1, 0.15) is 6.61 Å². The summed E-state index contributed by atoms with van der Waals surface area (Å²) in [7, 11) is 0. The van der Waals surface area contributed by atoms with Crippen LogP contribution in [0.4, 0.5) is 0 Å². The van der Waals surface area contributed by atoms with Gasteiger partial charge in [0.15, 0.2) is 5.78 Å². The van der Waals surface area contributed by atoms with E-state index in [-0.39, 0.29) is 12.4 Å². The molecule has 0 spiro atoms. The number of rotatable bonds is 4. The van der Waals surface area contributed by atoms with Crippen molar-refractivity contribution in [2.45, 2.75) is 13.5 Å². The summed E-state index contributed by atoms with van der Waals surface area (Å²) in [4.78, 5) is 23.8. The summed E-state index contributed by atoms with van der Waals surface area (Å²) in [5.41, 5.74) is 2.01. The highest BCUT2D eigenvalue weighted by Gasteiger charge is 2.12. The third-order valence-electron chi connectivity index (χ3n) is 4.76. The van der Waals surface area contributed by atoms with Gasteiger partial charge in [0.2, 0.25) is 0 Å². The van der Waals surface area contributed by atoms with Crippen LogP contribution in [0.5, 0.6) is 0 Å². The van der Waals surface area contributed by atoms with Gasteiger partial charge in [-0.15, -0.1) is 0 Å². The number of hydrogen-bond donors (Lipinski definition) is 0. The van der Waals surface area contributed by atoms with Crippen molar-refractivity contribution in [2.24, 2.45) is 0 Å². The molecule has 0 fully saturated rings. The summed E-state index contributed by atoms with van der Waals surface area (Å²) in [5.74, 6) is -0.431. The highest BCUT2D eigenvalue weighted by Crippen LogP contribution is 2.29. The Bertz CT molecular complexity index is 1100. The molecule has 0 heterocycles. The van der Waals surface area contributed by atoms with E-state index in [1.54, 1.807) is 24.3 Å². The molecule has 0 saturated carbocycles. The Labute approximate surface area is 157 Å². The first kappa shape index (κ1) is 17.0. The van der Waals surface area contributed by atoms with Crippen LogP contribution in [0.3, 0.4) is 0 Å². The minimum atomic E-state index is -0.401. The first-order chi connectivity index (χ1) is 13.1. The molecule has 3 heteroatoms. The number of carbonyl (C=O) groups excluding carboxylic acids is 2. The van der Waals surface area contributed by atoms with Gasteiger partial charge in [-0.05, 0) is 46.7 Å². The average molecular weight is 354 g/mol. The number of benzene rings is 4. The molecule has 0 aromatic heterocycles. The van der Waals surface area contributed by atoms with Crippen molar-refractivity contribution >= 4 is 33.3 Å². The molecule has 0 unspecified atom stereocenters. The van der Waals surface area contributed by atoms with Gasteiger partial charge in [-0.1, -0.05) is 60.7 Å². The van der Waals surface area contributed by atoms with Crippen molar-refractivity contribution in [1.82, 2.24) is 0 Å². The zero-order valence-electron chi connectivity index (χ0n) is 14.9. The quantitative estimate of drug-likeness (QED) is 0.274. The standard InChI is InChI=1S/C24H18O3/c1-16(25)17-10-12-18(13-11-17)24(26)27-15-23-21-8-4-2-6-19(21)14-20-7-3-5-9-22(20)23/h2-14H,15H2,1H3. The fraction of sp³-hybridized carbons (Fsp3) is 0.0833. The fourth-order valence-corrected chi connectivity index (χ4v) is 3.33. The van der Waals surface area contributed by atoms with Crippen molar-refractivity contribution in [1.29, 1.82) is 0 Å². The summed E-state index contributed by atoms with van der Waals surface area (Å²) >= 11 is 0. The van der Waals surface area contributed by atoms with Gasteiger partial charge in [0, 0.05) is 11.1 Å². The Morgan fingerprint density at radius 3 is 1.81 bits per heavy atom. The Hall–Kier alpha value is -3.46. The Kier molecular flexibility index (Phi) is 4.43. The topological polar surface area (TPSA) is 43.4 Å². The molecular formula is C24H18O3. The van der Waals surface area contributed by atoms with E-state index in [4.69, 9.17) is 4.74 Å². The monoisotopic (exact) mass is 354 g/mol. The van der Waals surface area contributed by atoms with Crippen molar-refractivity contribution < 1.29 is 14.3 Å². The predicted octanol–water partition coefficient (Wildman–Crippen LogP) is 5.55. The van der Waals surface area contributed by atoms with Crippen molar-refractivity contribution in [3.63, 3.8) is 0 Å². The maximum absolute atomic E-state index is 12.5. The van der Waals surface area contributed by atoms with E-state index in [9.17, 15) is 9.59 Å². The third kappa shape index (κ3) is 3.32. The molecule has 0 atom stereocenters. The molecule has 0 aliphatic rings. The maximum Gasteiger partial charge on any atom is 0.338 e. The van der Waals surface area contributed by atoms with Crippen LogP contribution in [0, 0.1) is 0 Å². The smallest absolute Gasteiger partial charge is 0.338 e. The van der Waals surface area contributed by atoms with Crippen LogP contribution in [0.25, 0.3) is 21.5 Å². The molecule has 132 valence electrons. The normalized spacial score (nSPS) is 10.9. The van der Waals surface area contributed by atoms with Gasteiger partial charge >= 0.3 is 5.97 Å². The second-order valence-electron chi connectivity index (χ2n) is 6.51. The van der Waals surface area contributed by atoms with Crippen LogP contribution >= 0.6 is 0 Å². The van der Waals surface area contributed by atoms with Crippen molar-refractivity contribution in [3.05, 3.63) is 95.6 Å². The van der Waals surface area contributed by atoms with E-state index in [1.165, 1.54) is 6.92 Å². The van der Waals surface area contributed by atoms with E-state index in [1.807, 2.05) is 36.4 Å². The van der Waals surface area contributed by atoms with E-state index >= 15 is 0 Å². The summed E-state index contributed by atoms with van der Waals surface area (Å²) < 4.78 is 5.61. The predicted molar refractivity (Wildman–Crippen MR) is 107 cm³/mol. The second-order valence-corrected chi connectivity index (χ2v) is 6.51. The third-order valence-corrected chi connectivity index (χ3v) is 4.76. The molecule has 0 radical (unpaired) electrons. The zero-order valence-corrected chi connectivity index (χ0v) is 14.9. The van der Waals surface area contributed by atoms with Gasteiger partial charge in [-0.3, -0.25) is 4.79 Å². The van der Waals surface area contributed by atoms with Gasteiger partial charge in [0.25, 0.3) is 0 Å². The second kappa shape index (κ2) is 7.04. The Balaban J connectivity index is 1.66. The minimum Gasteiger partial charge on any atom is -0.457 e. The summed E-state index contributed by atoms with van der Waals surface area (Å²) in [6, 6.07) is 24.9. The highest BCUT2D eigenvalue weighted by atomic mass is 16.5. The number of ether oxygens (including phenoxy) is 1. The molecule has 0 aliphatic carbocycles. The summed E-state index contributed by atoms with van der Waals surface area (Å²) in [6.45, 7) is 1.69. The van der Waals surface area contributed by atoms with Gasteiger partial charge in [-0.2, -0.15) is 0 Å². The molecule has 0 amide bonds. The number of carbonyl (C=O) groups is 2. The zero-order chi connectivity index (χ0) is 18.8. The molecule has 4 aromatic carbocycles. The molecule has 0 aliphatic heterocycles. The van der Waals surface area contributed by atoms with Crippen molar-refractivity contribution in [3.8, 4) is 0 Å². The molecule has 0 bridgehead atoms. The minimum absolute atomic E-state index is 0.0304. The molecule has 0 saturated heterocycles. The number of esters is 1. The lowest BCUT2D eigenvalue weighted by molar-refractivity contribution is 0.0475. The number of fused-ring (bicyclic) bond motifs is 2. The number of Topliss-reactive ketones (excluding diaryl/α,β-unsaturated/α-hetero) is 1. The van der Waals surface area contributed by atoms with E-state index in [0.29, 0.717) is 11.1 Å². The van der Waals surface area contributed by atoms with Crippen LogP contribution in [0.15, 0.2) is 78.9 Å². The van der Waals surface area contributed by atoms with Crippen LogP contribution in [0.2, 0.25) is 0 Å². The number of hydrogen-bond acceptors (Lipinski definition) is 3. The number of ketones is 1. The lowest BCUT2D eigenvalue weighted by atomic mass is 9.97. The van der Waals surface area contributed by atoms with Crippen molar-refractivity contribution in [2.75, 3.05) is 0 Å². The van der Waals surface area contributed by atoms with Crippen LogP contribution in [-0.2, 0) is 11.3 Å². The van der Waals surface area contributed by atoms with Crippen LogP contribution < -0.4 is 0 Å². The molecular weight excluding hydrogens is 336 g/mol. The van der Waals surface area contributed by atoms with E-state index < -0.39 is 5.97 Å². The Morgan fingerprint density at radius 2 is 1.26 bits per heavy atom. The van der Waals surface area contributed by atoms with Gasteiger partial charge < -0.3 is 4.74 Å². The molecule has 27 heavy (non-hydrogen) atoms. The average Bonchev–Trinajstić information content (AvgIpc) is 2.71. The summed E-state index contributed by atoms with van der Waals surface area (Å²) in [5, 5.41) is 4.40. The molecule has 0 N–H and O–H groups in total. The van der Waals surface area contributed by atoms with E-state index in [0.717, 1.165) is 27.1 Å². The highest BCUT2D eigenvalue weighted by molar-refractivity contribution is 6.02. The maximum atomic E-state index is 12.5.